The molecule has 36 heavy (non-hydrogen) atoms. The molecule has 10 atom stereocenters. The lowest BCUT2D eigenvalue weighted by Crippen LogP contribution is -2.65. The van der Waals surface area contributed by atoms with Gasteiger partial charge in [0, 0.05) is 30.0 Å². The molecule has 0 bridgehead atoms. The minimum atomic E-state index is -1.42. The topological polar surface area (TPSA) is 120 Å². The number of nitrogens with one attached hydrogen (secondary N) is 2. The van der Waals surface area contributed by atoms with E-state index in [0.717, 1.165) is 11.1 Å². The summed E-state index contributed by atoms with van der Waals surface area (Å²) >= 11 is 7.61. The maximum atomic E-state index is 13.4. The van der Waals surface area contributed by atoms with Crippen molar-refractivity contribution in [3.05, 3.63) is 47.5 Å². The number of amides is 1. The summed E-state index contributed by atoms with van der Waals surface area (Å²) in [5, 5.41) is 36.6. The van der Waals surface area contributed by atoms with E-state index in [2.05, 4.69) is 28.6 Å². The van der Waals surface area contributed by atoms with Gasteiger partial charge in [0.05, 0.1) is 24.1 Å². The van der Waals surface area contributed by atoms with E-state index in [0.29, 0.717) is 19.6 Å². The van der Waals surface area contributed by atoms with Crippen LogP contribution in [0.4, 0.5) is 0 Å². The van der Waals surface area contributed by atoms with Gasteiger partial charge in [-0.3, -0.25) is 4.79 Å². The number of alkyl halides is 1. The molecule has 0 aliphatic carbocycles. The number of ether oxygens (including phenoxy) is 2. The highest BCUT2D eigenvalue weighted by atomic mass is 35.5. The lowest BCUT2D eigenvalue weighted by Gasteiger charge is -2.44. The van der Waals surface area contributed by atoms with Gasteiger partial charge in [0.2, 0.25) is 5.91 Å². The summed E-state index contributed by atoms with van der Waals surface area (Å²) in [6.07, 6.45) is -0.982. The van der Waals surface area contributed by atoms with Crippen molar-refractivity contribution < 1.29 is 29.6 Å². The number of aliphatic hydroxyl groups is 3. The van der Waals surface area contributed by atoms with Gasteiger partial charge in [0.25, 0.3) is 0 Å². The van der Waals surface area contributed by atoms with Crippen molar-refractivity contribution in [2.45, 2.75) is 66.8 Å². The van der Waals surface area contributed by atoms with Crippen LogP contribution in [0.1, 0.15) is 18.9 Å². The molecule has 4 rings (SSSR count). The van der Waals surface area contributed by atoms with E-state index in [9.17, 15) is 20.1 Å². The SMILES string of the molecule is CSC1O[C@H]([C@H](NC(=O)[C@H]2NC[C@@H]3C=C(C#Cc4ccccc4)CCO[C@@H]23)[C@H](C)Cl)C(O)[C@@H](O)[C@H]1O. The van der Waals surface area contributed by atoms with E-state index >= 15 is 0 Å². The second-order valence-electron chi connectivity index (χ2n) is 9.33. The van der Waals surface area contributed by atoms with Crippen LogP contribution >= 0.6 is 23.4 Å². The number of hydrogen-bond acceptors (Lipinski definition) is 8. The predicted octanol–water partition coefficient (Wildman–Crippen LogP) is 0.624. The number of hydrogen-bond donors (Lipinski definition) is 5. The van der Waals surface area contributed by atoms with Gasteiger partial charge >= 0.3 is 0 Å². The lowest BCUT2D eigenvalue weighted by atomic mass is 9.92. The van der Waals surface area contributed by atoms with E-state index in [-0.39, 0.29) is 17.9 Å². The van der Waals surface area contributed by atoms with Gasteiger partial charge in [-0.2, -0.15) is 0 Å². The third kappa shape index (κ3) is 6.09. The van der Waals surface area contributed by atoms with E-state index in [1.165, 1.54) is 11.8 Å². The molecular formula is C26H33ClN2O6S. The molecule has 0 spiro atoms. The molecule has 3 heterocycles. The van der Waals surface area contributed by atoms with Crippen molar-refractivity contribution in [1.82, 2.24) is 10.6 Å². The zero-order valence-electron chi connectivity index (χ0n) is 20.2. The Balaban J connectivity index is 1.45. The maximum absolute atomic E-state index is 13.4. The fraction of sp³-hybridized carbons (Fsp3) is 0.577. The van der Waals surface area contributed by atoms with E-state index in [4.69, 9.17) is 21.1 Å². The normalized spacial score (nSPS) is 35.9. The third-order valence-electron chi connectivity index (χ3n) is 6.84. The summed E-state index contributed by atoms with van der Waals surface area (Å²) in [4.78, 5) is 13.4. The molecule has 3 aliphatic rings. The molecule has 10 heteroatoms. The molecule has 196 valence electrons. The number of fused-ring (bicyclic) bond motifs is 1. The highest BCUT2D eigenvalue weighted by molar-refractivity contribution is 7.99. The monoisotopic (exact) mass is 536 g/mol. The quantitative estimate of drug-likeness (QED) is 0.274. The Morgan fingerprint density at radius 3 is 2.64 bits per heavy atom. The van der Waals surface area contributed by atoms with Crippen molar-refractivity contribution in [3.8, 4) is 11.8 Å². The van der Waals surface area contributed by atoms with Gasteiger partial charge in [0.15, 0.2) is 0 Å². The first-order valence-corrected chi connectivity index (χ1v) is 13.8. The second kappa shape index (κ2) is 12.3. The number of carbonyl (C=O) groups is 1. The zero-order valence-corrected chi connectivity index (χ0v) is 21.8. The summed E-state index contributed by atoms with van der Waals surface area (Å²) < 4.78 is 11.9. The van der Waals surface area contributed by atoms with E-state index < -0.39 is 47.3 Å². The Hall–Kier alpha value is -1.61. The fourth-order valence-corrected chi connectivity index (χ4v) is 5.75. The molecule has 2 saturated heterocycles. The van der Waals surface area contributed by atoms with Gasteiger partial charge in [-0.1, -0.05) is 36.1 Å². The van der Waals surface area contributed by atoms with Crippen LogP contribution in [-0.4, -0.2) is 94.1 Å². The van der Waals surface area contributed by atoms with Gasteiger partial charge in [-0.25, -0.2) is 0 Å². The second-order valence-corrected chi connectivity index (χ2v) is 11.0. The average Bonchev–Trinajstić information content (AvgIpc) is 3.16. The molecule has 1 aromatic rings. The highest BCUT2D eigenvalue weighted by Gasteiger charge is 2.49. The molecule has 2 fully saturated rings. The zero-order chi connectivity index (χ0) is 25.8. The number of halogens is 1. The van der Waals surface area contributed by atoms with Gasteiger partial charge in [-0.15, -0.1) is 23.4 Å². The van der Waals surface area contributed by atoms with E-state index in [1.807, 2.05) is 30.3 Å². The Labute approximate surface area is 220 Å². The third-order valence-corrected chi connectivity index (χ3v) is 7.97. The molecule has 5 N–H and O–H groups in total. The first kappa shape index (κ1) is 27.4. The number of aliphatic hydroxyl groups excluding tert-OH is 3. The first-order valence-electron chi connectivity index (χ1n) is 12.1. The van der Waals surface area contributed by atoms with E-state index in [1.54, 1.807) is 13.2 Å². The van der Waals surface area contributed by atoms with Gasteiger partial charge in [0.1, 0.15) is 35.9 Å². The fourth-order valence-electron chi connectivity index (χ4n) is 4.86. The summed E-state index contributed by atoms with van der Waals surface area (Å²) in [6, 6.07) is 8.34. The Kier molecular flexibility index (Phi) is 9.36. The van der Waals surface area contributed by atoms with Crippen molar-refractivity contribution in [1.29, 1.82) is 0 Å². The van der Waals surface area contributed by atoms with Crippen molar-refractivity contribution in [2.75, 3.05) is 19.4 Å². The van der Waals surface area contributed by atoms with Crippen LogP contribution < -0.4 is 10.6 Å². The van der Waals surface area contributed by atoms with Crippen molar-refractivity contribution in [3.63, 3.8) is 0 Å². The van der Waals surface area contributed by atoms with Crippen LogP contribution in [0, 0.1) is 17.8 Å². The number of rotatable bonds is 5. The average molecular weight is 537 g/mol. The first-order chi connectivity index (χ1) is 17.3. The number of thioether (sulfide) groups is 1. The van der Waals surface area contributed by atoms with Crippen LogP contribution in [0.2, 0.25) is 0 Å². The lowest BCUT2D eigenvalue weighted by molar-refractivity contribution is -0.205. The van der Waals surface area contributed by atoms with Crippen molar-refractivity contribution >= 4 is 29.3 Å². The molecule has 0 aromatic heterocycles. The summed E-state index contributed by atoms with van der Waals surface area (Å²) in [5.41, 5.74) is 1.16. The number of benzene rings is 1. The molecule has 2 unspecified atom stereocenters. The maximum Gasteiger partial charge on any atom is 0.240 e. The summed E-state index contributed by atoms with van der Waals surface area (Å²) in [5.74, 6) is 6.07. The largest absolute Gasteiger partial charge is 0.388 e. The summed E-state index contributed by atoms with van der Waals surface area (Å²) in [6.45, 7) is 2.69. The molecule has 3 aliphatic heterocycles. The molecule has 0 saturated carbocycles. The van der Waals surface area contributed by atoms with Crippen LogP contribution in [-0.2, 0) is 14.3 Å². The smallest absolute Gasteiger partial charge is 0.240 e. The molecule has 0 radical (unpaired) electrons. The van der Waals surface area contributed by atoms with Crippen LogP contribution in [0.5, 0.6) is 0 Å². The van der Waals surface area contributed by atoms with Gasteiger partial charge in [-0.05, 0) is 25.3 Å². The highest BCUT2D eigenvalue weighted by Crippen LogP contribution is 2.31. The van der Waals surface area contributed by atoms with Crippen LogP contribution in [0.3, 0.4) is 0 Å². The predicted molar refractivity (Wildman–Crippen MR) is 138 cm³/mol. The Morgan fingerprint density at radius 2 is 1.94 bits per heavy atom. The van der Waals surface area contributed by atoms with Crippen molar-refractivity contribution in [2.24, 2.45) is 5.92 Å². The standard InChI is InChI=1S/C26H33ClN2O6S/c1-14(27)18(24-21(31)20(30)22(32)26(35-24)36-2)29-25(33)19-23-17(13-28-19)12-16(10-11-34-23)9-8-15-6-4-3-5-7-15/h3-7,12,14,17-24,26,28,30-32H,10-11,13H2,1-2H3,(H,29,33)/t14-,17-,18+,19-,20+,21?,22+,23+,24+,26?/m0/s1. The molecular weight excluding hydrogens is 504 g/mol. The molecule has 8 nitrogen and oxygen atoms in total. The Morgan fingerprint density at radius 1 is 1.19 bits per heavy atom. The van der Waals surface area contributed by atoms with Crippen LogP contribution in [0.15, 0.2) is 42.0 Å². The Bertz CT molecular complexity index is 997. The summed E-state index contributed by atoms with van der Waals surface area (Å²) in [7, 11) is 0. The molecule has 1 amide bonds. The van der Waals surface area contributed by atoms with Crippen LogP contribution in [0.25, 0.3) is 0 Å². The van der Waals surface area contributed by atoms with Gasteiger partial charge < -0.3 is 35.4 Å². The minimum absolute atomic E-state index is 0.0236. The molecule has 1 aromatic carbocycles. The number of carbonyl (C=O) groups excluding carboxylic acids is 1. The minimum Gasteiger partial charge on any atom is -0.388 e.